The third-order valence-electron chi connectivity index (χ3n) is 5.08. The van der Waals surface area contributed by atoms with Gasteiger partial charge >= 0.3 is 0 Å². The van der Waals surface area contributed by atoms with Crippen molar-refractivity contribution in [1.82, 2.24) is 24.8 Å². The minimum absolute atomic E-state index is 0. The van der Waals surface area contributed by atoms with E-state index in [0.29, 0.717) is 12.6 Å². The lowest BCUT2D eigenvalue weighted by atomic mass is 10.1. The van der Waals surface area contributed by atoms with Crippen LogP contribution in [-0.4, -0.2) is 51.5 Å². The summed E-state index contributed by atoms with van der Waals surface area (Å²) in [5, 5.41) is 3.30. The number of carbonyl (C=O) groups is 1. The van der Waals surface area contributed by atoms with Crippen molar-refractivity contribution in [2.24, 2.45) is 0 Å². The van der Waals surface area contributed by atoms with Crippen molar-refractivity contribution < 1.29 is 4.79 Å². The van der Waals surface area contributed by atoms with Crippen LogP contribution in [0.15, 0.2) is 29.8 Å². The summed E-state index contributed by atoms with van der Waals surface area (Å²) in [7, 11) is 1.96. The molecule has 152 valence electrons. The minimum Gasteiger partial charge on any atom is -0.340 e. The van der Waals surface area contributed by atoms with Gasteiger partial charge in [0, 0.05) is 19.1 Å². The zero-order valence-corrected chi connectivity index (χ0v) is 18.4. The number of para-hydroxylation sites is 2. The van der Waals surface area contributed by atoms with Gasteiger partial charge in [-0.3, -0.25) is 4.79 Å². The fraction of sp³-hybridized carbons (Fsp3) is 0.421. The zero-order chi connectivity index (χ0) is 18.1. The Hall–Kier alpha value is -1.67. The van der Waals surface area contributed by atoms with Gasteiger partial charge in [0.05, 0.1) is 27.1 Å². The van der Waals surface area contributed by atoms with Gasteiger partial charge in [-0.2, -0.15) is 0 Å². The largest absolute Gasteiger partial charge is 0.340 e. The van der Waals surface area contributed by atoms with E-state index < -0.39 is 0 Å². The van der Waals surface area contributed by atoms with Crippen molar-refractivity contribution in [3.05, 3.63) is 35.5 Å². The molecule has 1 aliphatic heterocycles. The molecule has 0 aliphatic carbocycles. The van der Waals surface area contributed by atoms with Gasteiger partial charge in [0.2, 0.25) is 5.91 Å². The summed E-state index contributed by atoms with van der Waals surface area (Å²) in [6.45, 7) is 3.90. The molecular weight excluding hydrogens is 417 g/mol. The Morgan fingerprint density at radius 2 is 2.11 bits per heavy atom. The number of imidazole rings is 1. The Bertz CT molecular complexity index is 941. The normalized spacial score (nSPS) is 16.5. The SMILES string of the molecule is CNC1CCCN(C(=O)Cn2c(-c3scnc3C)nc3ccccc32)C1.Cl.Cl. The van der Waals surface area contributed by atoms with Gasteiger partial charge in [0.1, 0.15) is 6.54 Å². The van der Waals surface area contributed by atoms with Crippen molar-refractivity contribution in [1.29, 1.82) is 0 Å². The van der Waals surface area contributed by atoms with E-state index in [1.54, 1.807) is 11.3 Å². The summed E-state index contributed by atoms with van der Waals surface area (Å²) in [6, 6.07) is 8.38. The number of nitrogens with one attached hydrogen (secondary N) is 1. The quantitative estimate of drug-likeness (QED) is 0.672. The Morgan fingerprint density at radius 1 is 1.32 bits per heavy atom. The van der Waals surface area contributed by atoms with Gasteiger partial charge in [0.25, 0.3) is 0 Å². The van der Waals surface area contributed by atoms with Crippen molar-refractivity contribution >= 4 is 53.1 Å². The van der Waals surface area contributed by atoms with E-state index >= 15 is 0 Å². The Balaban J connectivity index is 0.00000140. The molecule has 0 saturated carbocycles. The number of rotatable bonds is 4. The number of hydrogen-bond acceptors (Lipinski definition) is 5. The molecule has 1 saturated heterocycles. The van der Waals surface area contributed by atoms with Gasteiger partial charge in [-0.05, 0) is 38.9 Å². The van der Waals surface area contributed by atoms with Crippen LogP contribution in [0.1, 0.15) is 18.5 Å². The maximum atomic E-state index is 13.0. The highest BCUT2D eigenvalue weighted by atomic mass is 35.5. The molecule has 1 aliphatic rings. The van der Waals surface area contributed by atoms with Crippen LogP contribution in [0, 0.1) is 6.92 Å². The van der Waals surface area contributed by atoms with Crippen LogP contribution in [-0.2, 0) is 11.3 Å². The third-order valence-corrected chi connectivity index (χ3v) is 6.00. The molecule has 2 aromatic heterocycles. The Kier molecular flexibility index (Phi) is 7.83. The second kappa shape index (κ2) is 9.69. The highest BCUT2D eigenvalue weighted by molar-refractivity contribution is 7.13. The Labute approximate surface area is 181 Å². The second-order valence-electron chi connectivity index (χ2n) is 6.74. The topological polar surface area (TPSA) is 63.1 Å². The van der Waals surface area contributed by atoms with Crippen molar-refractivity contribution in [3.8, 4) is 10.7 Å². The number of hydrogen-bond donors (Lipinski definition) is 1. The summed E-state index contributed by atoms with van der Waals surface area (Å²) in [6.07, 6.45) is 2.17. The van der Waals surface area contributed by atoms with Crippen LogP contribution in [0.25, 0.3) is 21.7 Å². The molecule has 0 radical (unpaired) electrons. The Morgan fingerprint density at radius 3 is 2.82 bits per heavy atom. The first-order valence-electron chi connectivity index (χ1n) is 8.98. The summed E-state index contributed by atoms with van der Waals surface area (Å²) in [5.74, 6) is 0.984. The molecule has 4 rings (SSSR count). The van der Waals surface area contributed by atoms with Gasteiger partial charge in [-0.15, -0.1) is 36.2 Å². The van der Waals surface area contributed by atoms with E-state index in [9.17, 15) is 4.79 Å². The number of likely N-dealkylation sites (tertiary alicyclic amines) is 1. The molecule has 1 aromatic carbocycles. The van der Waals surface area contributed by atoms with E-state index in [4.69, 9.17) is 4.98 Å². The summed E-state index contributed by atoms with van der Waals surface area (Å²) >= 11 is 1.57. The fourth-order valence-corrected chi connectivity index (χ4v) is 4.40. The van der Waals surface area contributed by atoms with Crippen LogP contribution < -0.4 is 5.32 Å². The van der Waals surface area contributed by atoms with Crippen molar-refractivity contribution in [2.75, 3.05) is 20.1 Å². The van der Waals surface area contributed by atoms with E-state index in [-0.39, 0.29) is 30.7 Å². The molecule has 0 bridgehead atoms. The van der Waals surface area contributed by atoms with Crippen molar-refractivity contribution in [3.63, 3.8) is 0 Å². The maximum Gasteiger partial charge on any atom is 0.242 e. The zero-order valence-electron chi connectivity index (χ0n) is 15.9. The number of aryl methyl sites for hydroxylation is 1. The van der Waals surface area contributed by atoms with Crippen LogP contribution >= 0.6 is 36.2 Å². The molecule has 3 aromatic rings. The van der Waals surface area contributed by atoms with Crippen LogP contribution in [0.5, 0.6) is 0 Å². The maximum absolute atomic E-state index is 13.0. The van der Waals surface area contributed by atoms with E-state index in [2.05, 4.69) is 10.3 Å². The first-order valence-corrected chi connectivity index (χ1v) is 9.86. The number of nitrogens with zero attached hydrogens (tertiary/aromatic N) is 4. The molecule has 3 heterocycles. The highest BCUT2D eigenvalue weighted by Crippen LogP contribution is 2.30. The van der Waals surface area contributed by atoms with Crippen LogP contribution in [0.4, 0.5) is 0 Å². The number of likely N-dealkylation sites (N-methyl/N-ethyl adjacent to an activating group) is 1. The second-order valence-corrected chi connectivity index (χ2v) is 7.60. The lowest BCUT2D eigenvalue weighted by Crippen LogP contribution is -2.47. The molecule has 1 amide bonds. The number of piperidine rings is 1. The first-order chi connectivity index (χ1) is 12.7. The molecule has 1 unspecified atom stereocenters. The van der Waals surface area contributed by atoms with Crippen LogP contribution in [0.2, 0.25) is 0 Å². The summed E-state index contributed by atoms with van der Waals surface area (Å²) in [5.41, 5.74) is 4.69. The van der Waals surface area contributed by atoms with Gasteiger partial charge in [-0.1, -0.05) is 12.1 Å². The number of halogens is 2. The van der Waals surface area contributed by atoms with Gasteiger partial charge in [0.15, 0.2) is 5.82 Å². The molecule has 6 nitrogen and oxygen atoms in total. The molecule has 9 heteroatoms. The van der Waals surface area contributed by atoms with Crippen LogP contribution in [0.3, 0.4) is 0 Å². The lowest BCUT2D eigenvalue weighted by molar-refractivity contribution is -0.133. The smallest absolute Gasteiger partial charge is 0.242 e. The van der Waals surface area contributed by atoms with E-state index in [1.165, 1.54) is 0 Å². The molecule has 1 fully saturated rings. The third kappa shape index (κ3) is 4.33. The van der Waals surface area contributed by atoms with E-state index in [1.807, 2.05) is 53.2 Å². The van der Waals surface area contributed by atoms with E-state index in [0.717, 1.165) is 53.4 Å². The monoisotopic (exact) mass is 441 g/mol. The average molecular weight is 442 g/mol. The summed E-state index contributed by atoms with van der Waals surface area (Å²) < 4.78 is 2.04. The van der Waals surface area contributed by atoms with Gasteiger partial charge in [-0.25, -0.2) is 9.97 Å². The molecule has 1 atom stereocenters. The first kappa shape index (κ1) is 22.6. The average Bonchev–Trinajstić information content (AvgIpc) is 3.25. The summed E-state index contributed by atoms with van der Waals surface area (Å²) in [4.78, 5) is 25.2. The standard InChI is InChI=1S/C19H23N5OS.2ClH/c1-13-18(26-12-21-13)19-22-15-7-3-4-8-16(15)24(19)11-17(25)23-9-5-6-14(10-23)20-2;;/h3-4,7-8,12,14,20H,5-6,9-11H2,1-2H3;2*1H. The van der Waals surface area contributed by atoms with Crippen molar-refractivity contribution in [2.45, 2.75) is 32.4 Å². The molecule has 1 N–H and O–H groups in total. The van der Waals surface area contributed by atoms with Gasteiger partial charge < -0.3 is 14.8 Å². The molecule has 28 heavy (non-hydrogen) atoms. The number of thiazole rings is 1. The number of fused-ring (bicyclic) bond motifs is 1. The number of carbonyl (C=O) groups excluding carboxylic acids is 1. The lowest BCUT2D eigenvalue weighted by Gasteiger charge is -2.32. The predicted octanol–water partition coefficient (Wildman–Crippen LogP) is 3.52. The predicted molar refractivity (Wildman–Crippen MR) is 119 cm³/mol. The fourth-order valence-electron chi connectivity index (χ4n) is 3.60. The number of amides is 1. The number of benzene rings is 1. The molecule has 0 spiro atoms. The highest BCUT2D eigenvalue weighted by Gasteiger charge is 2.25. The minimum atomic E-state index is 0. The molecular formula is C19H25Cl2N5OS. The number of aromatic nitrogens is 3.